The summed E-state index contributed by atoms with van der Waals surface area (Å²) in [4.78, 5) is 0. The SMILES string of the molecule is CSC1CC(C(C)C)CCC1N. The van der Waals surface area contributed by atoms with Gasteiger partial charge in [-0.1, -0.05) is 13.8 Å². The van der Waals surface area contributed by atoms with Crippen LogP contribution in [0.25, 0.3) is 0 Å². The van der Waals surface area contributed by atoms with Crippen LogP contribution in [0, 0.1) is 11.8 Å². The average Bonchev–Trinajstić information content (AvgIpc) is 2.05. The highest BCUT2D eigenvalue weighted by Gasteiger charge is 2.28. The second kappa shape index (κ2) is 4.52. The highest BCUT2D eigenvalue weighted by molar-refractivity contribution is 7.99. The third-order valence-electron chi connectivity index (χ3n) is 3.13. The van der Waals surface area contributed by atoms with Crippen molar-refractivity contribution in [1.29, 1.82) is 0 Å². The molecule has 1 aliphatic carbocycles. The van der Waals surface area contributed by atoms with E-state index in [4.69, 9.17) is 5.73 Å². The normalized spacial score (nSPS) is 37.2. The molecule has 0 saturated heterocycles. The lowest BCUT2D eigenvalue weighted by Crippen LogP contribution is -2.39. The summed E-state index contributed by atoms with van der Waals surface area (Å²) in [6.07, 6.45) is 6.09. The van der Waals surface area contributed by atoms with E-state index in [1.807, 2.05) is 11.8 Å². The van der Waals surface area contributed by atoms with Crippen LogP contribution in [0.15, 0.2) is 0 Å². The Bertz CT molecular complexity index is 136. The van der Waals surface area contributed by atoms with Crippen LogP contribution >= 0.6 is 11.8 Å². The highest BCUT2D eigenvalue weighted by Crippen LogP contribution is 2.34. The summed E-state index contributed by atoms with van der Waals surface area (Å²) in [5.74, 6) is 1.76. The molecule has 1 saturated carbocycles. The zero-order chi connectivity index (χ0) is 9.14. The van der Waals surface area contributed by atoms with Crippen LogP contribution in [-0.2, 0) is 0 Å². The van der Waals surface area contributed by atoms with E-state index in [9.17, 15) is 0 Å². The Kier molecular flexibility index (Phi) is 3.91. The van der Waals surface area contributed by atoms with Gasteiger partial charge in [0.15, 0.2) is 0 Å². The molecule has 0 heterocycles. The highest BCUT2D eigenvalue weighted by atomic mass is 32.2. The Labute approximate surface area is 80.5 Å². The molecule has 0 radical (unpaired) electrons. The lowest BCUT2D eigenvalue weighted by atomic mass is 9.79. The zero-order valence-corrected chi connectivity index (χ0v) is 9.23. The average molecular weight is 187 g/mol. The van der Waals surface area contributed by atoms with Gasteiger partial charge in [0.25, 0.3) is 0 Å². The molecule has 12 heavy (non-hydrogen) atoms. The quantitative estimate of drug-likeness (QED) is 0.719. The van der Waals surface area contributed by atoms with Gasteiger partial charge in [0, 0.05) is 11.3 Å². The van der Waals surface area contributed by atoms with Gasteiger partial charge in [-0.25, -0.2) is 0 Å². The van der Waals surface area contributed by atoms with Gasteiger partial charge in [0.1, 0.15) is 0 Å². The van der Waals surface area contributed by atoms with E-state index >= 15 is 0 Å². The van der Waals surface area contributed by atoms with Crippen molar-refractivity contribution in [2.45, 2.75) is 44.4 Å². The predicted octanol–water partition coefficient (Wildman–Crippen LogP) is 2.50. The van der Waals surface area contributed by atoms with Gasteiger partial charge in [-0.3, -0.25) is 0 Å². The summed E-state index contributed by atoms with van der Waals surface area (Å²) >= 11 is 1.95. The van der Waals surface area contributed by atoms with E-state index in [2.05, 4.69) is 20.1 Å². The lowest BCUT2D eigenvalue weighted by Gasteiger charge is -2.35. The fraction of sp³-hybridized carbons (Fsp3) is 1.00. The van der Waals surface area contributed by atoms with Crippen LogP contribution in [0.2, 0.25) is 0 Å². The van der Waals surface area contributed by atoms with Crippen LogP contribution in [0.3, 0.4) is 0 Å². The molecule has 0 bridgehead atoms. The van der Waals surface area contributed by atoms with Crippen molar-refractivity contribution in [2.75, 3.05) is 6.26 Å². The fourth-order valence-electron chi connectivity index (χ4n) is 2.06. The standard InChI is InChI=1S/C10H21NS/c1-7(2)8-4-5-9(11)10(6-8)12-3/h7-10H,4-6,11H2,1-3H3. The minimum Gasteiger partial charge on any atom is -0.327 e. The van der Waals surface area contributed by atoms with Crippen molar-refractivity contribution in [2.24, 2.45) is 17.6 Å². The molecule has 72 valence electrons. The molecule has 1 rings (SSSR count). The minimum atomic E-state index is 0.454. The first kappa shape index (κ1) is 10.4. The van der Waals surface area contributed by atoms with Crippen LogP contribution in [0.1, 0.15) is 33.1 Å². The molecule has 0 aromatic heterocycles. The molecular formula is C10H21NS. The maximum Gasteiger partial charge on any atom is 0.0198 e. The van der Waals surface area contributed by atoms with Gasteiger partial charge >= 0.3 is 0 Å². The molecule has 3 atom stereocenters. The molecule has 1 aliphatic rings. The Morgan fingerprint density at radius 2 is 2.00 bits per heavy atom. The first-order valence-corrected chi connectivity index (χ1v) is 6.22. The molecular weight excluding hydrogens is 166 g/mol. The molecule has 1 nitrogen and oxygen atoms in total. The monoisotopic (exact) mass is 187 g/mol. The van der Waals surface area contributed by atoms with Crippen LogP contribution in [-0.4, -0.2) is 17.5 Å². The van der Waals surface area contributed by atoms with E-state index in [0.29, 0.717) is 11.3 Å². The van der Waals surface area contributed by atoms with Crippen molar-refractivity contribution >= 4 is 11.8 Å². The molecule has 3 unspecified atom stereocenters. The van der Waals surface area contributed by atoms with Gasteiger partial charge in [0.05, 0.1) is 0 Å². The largest absolute Gasteiger partial charge is 0.327 e. The maximum atomic E-state index is 6.03. The first-order valence-electron chi connectivity index (χ1n) is 4.93. The maximum absolute atomic E-state index is 6.03. The van der Waals surface area contributed by atoms with Crippen molar-refractivity contribution < 1.29 is 0 Å². The molecule has 0 aromatic carbocycles. The Morgan fingerprint density at radius 1 is 1.33 bits per heavy atom. The van der Waals surface area contributed by atoms with Crippen molar-refractivity contribution in [3.8, 4) is 0 Å². The van der Waals surface area contributed by atoms with Gasteiger partial charge in [0.2, 0.25) is 0 Å². The van der Waals surface area contributed by atoms with Gasteiger partial charge in [-0.15, -0.1) is 0 Å². The van der Waals surface area contributed by atoms with Crippen LogP contribution in [0.4, 0.5) is 0 Å². The number of rotatable bonds is 2. The van der Waals surface area contributed by atoms with E-state index in [1.54, 1.807) is 0 Å². The second-order valence-electron chi connectivity index (χ2n) is 4.26. The van der Waals surface area contributed by atoms with Crippen LogP contribution in [0.5, 0.6) is 0 Å². The predicted molar refractivity (Wildman–Crippen MR) is 57.5 cm³/mol. The molecule has 0 aliphatic heterocycles. The van der Waals surface area contributed by atoms with Gasteiger partial charge < -0.3 is 5.73 Å². The minimum absolute atomic E-state index is 0.454. The summed E-state index contributed by atoms with van der Waals surface area (Å²) in [7, 11) is 0. The third kappa shape index (κ3) is 2.40. The van der Waals surface area contributed by atoms with E-state index in [-0.39, 0.29) is 0 Å². The van der Waals surface area contributed by atoms with E-state index in [0.717, 1.165) is 11.8 Å². The van der Waals surface area contributed by atoms with Crippen molar-refractivity contribution in [3.63, 3.8) is 0 Å². The molecule has 2 heteroatoms. The summed E-state index contributed by atoms with van der Waals surface area (Å²) in [6.45, 7) is 4.66. The molecule has 1 fully saturated rings. The van der Waals surface area contributed by atoms with E-state index in [1.165, 1.54) is 19.3 Å². The summed E-state index contributed by atoms with van der Waals surface area (Å²) < 4.78 is 0. The molecule has 0 spiro atoms. The summed E-state index contributed by atoms with van der Waals surface area (Å²) in [5, 5.41) is 0.714. The van der Waals surface area contributed by atoms with Crippen molar-refractivity contribution in [3.05, 3.63) is 0 Å². The summed E-state index contributed by atoms with van der Waals surface area (Å²) in [6, 6.07) is 0.454. The Morgan fingerprint density at radius 3 is 2.50 bits per heavy atom. The van der Waals surface area contributed by atoms with E-state index < -0.39 is 0 Å². The first-order chi connectivity index (χ1) is 5.65. The summed E-state index contributed by atoms with van der Waals surface area (Å²) in [5.41, 5.74) is 6.03. The molecule has 2 N–H and O–H groups in total. The molecule has 0 amide bonds. The Hall–Kier alpha value is 0.310. The zero-order valence-electron chi connectivity index (χ0n) is 8.42. The number of hydrogen-bond donors (Lipinski definition) is 1. The number of nitrogens with two attached hydrogens (primary N) is 1. The Balaban J connectivity index is 2.44. The molecule has 0 aromatic rings. The second-order valence-corrected chi connectivity index (χ2v) is 5.33. The number of thioether (sulfide) groups is 1. The smallest absolute Gasteiger partial charge is 0.0198 e. The van der Waals surface area contributed by atoms with Gasteiger partial charge in [-0.05, 0) is 37.4 Å². The number of hydrogen-bond acceptors (Lipinski definition) is 2. The van der Waals surface area contributed by atoms with Crippen molar-refractivity contribution in [1.82, 2.24) is 0 Å². The van der Waals surface area contributed by atoms with Crippen LogP contribution < -0.4 is 5.73 Å². The van der Waals surface area contributed by atoms with Gasteiger partial charge in [-0.2, -0.15) is 11.8 Å². The fourth-order valence-corrected chi connectivity index (χ4v) is 2.99. The third-order valence-corrected chi connectivity index (χ3v) is 4.28. The lowest BCUT2D eigenvalue weighted by molar-refractivity contribution is 0.266. The topological polar surface area (TPSA) is 26.0 Å².